The average Bonchev–Trinajstić information content (AvgIpc) is 2.79. The standard InChI is InChI=1S/C16H28ClN3/c1-4-10-20-16(14(17)11-19-20)15(18-5-2)13-8-6-12(3)7-9-13/h11-13,15,18H,4-10H2,1-3H3. The molecule has 0 aliphatic heterocycles. The highest BCUT2D eigenvalue weighted by molar-refractivity contribution is 6.31. The molecule has 3 nitrogen and oxygen atoms in total. The molecular weight excluding hydrogens is 270 g/mol. The quantitative estimate of drug-likeness (QED) is 0.842. The first-order chi connectivity index (χ1) is 9.67. The van der Waals surface area contributed by atoms with Crippen LogP contribution in [0, 0.1) is 11.8 Å². The predicted molar refractivity (Wildman–Crippen MR) is 85.1 cm³/mol. The highest BCUT2D eigenvalue weighted by atomic mass is 35.5. The Labute approximate surface area is 128 Å². The van der Waals surface area contributed by atoms with Gasteiger partial charge in [-0.15, -0.1) is 0 Å². The SMILES string of the molecule is CCCn1ncc(Cl)c1C(NCC)C1CCC(C)CC1. The van der Waals surface area contributed by atoms with E-state index in [2.05, 4.69) is 35.9 Å². The Kier molecular flexibility index (Phi) is 5.91. The fourth-order valence-electron chi connectivity index (χ4n) is 3.40. The van der Waals surface area contributed by atoms with Crippen molar-refractivity contribution in [2.45, 2.75) is 65.5 Å². The van der Waals surface area contributed by atoms with Gasteiger partial charge in [-0.3, -0.25) is 4.68 Å². The summed E-state index contributed by atoms with van der Waals surface area (Å²) in [4.78, 5) is 0. The number of halogens is 1. The zero-order valence-corrected chi connectivity index (χ0v) is 13.8. The van der Waals surface area contributed by atoms with Crippen LogP contribution in [-0.4, -0.2) is 16.3 Å². The second kappa shape index (κ2) is 7.46. The van der Waals surface area contributed by atoms with E-state index in [1.165, 1.54) is 31.4 Å². The summed E-state index contributed by atoms with van der Waals surface area (Å²) in [6.07, 6.45) is 8.17. The minimum atomic E-state index is 0.356. The summed E-state index contributed by atoms with van der Waals surface area (Å²) in [5.74, 6) is 1.57. The van der Waals surface area contributed by atoms with Crippen LogP contribution in [0.3, 0.4) is 0 Å². The molecule has 1 heterocycles. The van der Waals surface area contributed by atoms with Crippen LogP contribution in [-0.2, 0) is 6.54 Å². The first-order valence-electron chi connectivity index (χ1n) is 8.11. The Morgan fingerprint density at radius 2 is 2.05 bits per heavy atom. The van der Waals surface area contributed by atoms with Crippen LogP contribution in [0.2, 0.25) is 5.02 Å². The lowest BCUT2D eigenvalue weighted by Crippen LogP contribution is -2.32. The maximum absolute atomic E-state index is 6.44. The topological polar surface area (TPSA) is 29.9 Å². The number of nitrogens with one attached hydrogen (secondary N) is 1. The zero-order chi connectivity index (χ0) is 14.5. The van der Waals surface area contributed by atoms with Crippen molar-refractivity contribution < 1.29 is 0 Å². The van der Waals surface area contributed by atoms with Crippen LogP contribution in [0.5, 0.6) is 0 Å². The van der Waals surface area contributed by atoms with Crippen LogP contribution in [0.25, 0.3) is 0 Å². The van der Waals surface area contributed by atoms with Gasteiger partial charge in [0.1, 0.15) is 0 Å². The van der Waals surface area contributed by atoms with E-state index in [1.807, 2.05) is 6.20 Å². The molecule has 1 aromatic heterocycles. The summed E-state index contributed by atoms with van der Waals surface area (Å²) < 4.78 is 2.10. The number of rotatable bonds is 6. The van der Waals surface area contributed by atoms with Crippen molar-refractivity contribution in [2.24, 2.45) is 11.8 Å². The lowest BCUT2D eigenvalue weighted by Gasteiger charge is -2.33. The third kappa shape index (κ3) is 3.56. The Hall–Kier alpha value is -0.540. The van der Waals surface area contributed by atoms with E-state index in [9.17, 15) is 0 Å². The Morgan fingerprint density at radius 3 is 2.65 bits per heavy atom. The number of aryl methyl sites for hydroxylation is 1. The van der Waals surface area contributed by atoms with Gasteiger partial charge in [0.05, 0.1) is 23.0 Å². The Balaban J connectivity index is 2.21. The summed E-state index contributed by atoms with van der Waals surface area (Å²) in [6, 6.07) is 0.356. The van der Waals surface area contributed by atoms with Gasteiger partial charge in [0.15, 0.2) is 0 Å². The summed E-state index contributed by atoms with van der Waals surface area (Å²) in [5, 5.41) is 8.95. The number of hydrogen-bond donors (Lipinski definition) is 1. The minimum Gasteiger partial charge on any atom is -0.309 e. The summed E-state index contributed by atoms with van der Waals surface area (Å²) in [7, 11) is 0. The van der Waals surface area contributed by atoms with Gasteiger partial charge in [-0.2, -0.15) is 5.10 Å². The molecule has 0 radical (unpaired) electrons. The maximum atomic E-state index is 6.44. The van der Waals surface area contributed by atoms with E-state index in [1.54, 1.807) is 0 Å². The van der Waals surface area contributed by atoms with Gasteiger partial charge in [0, 0.05) is 6.54 Å². The van der Waals surface area contributed by atoms with Crippen LogP contribution >= 0.6 is 11.6 Å². The first-order valence-corrected chi connectivity index (χ1v) is 8.49. The van der Waals surface area contributed by atoms with Crippen molar-refractivity contribution in [1.82, 2.24) is 15.1 Å². The molecule has 2 rings (SSSR count). The lowest BCUT2D eigenvalue weighted by atomic mass is 9.78. The van der Waals surface area contributed by atoms with Crippen molar-refractivity contribution in [3.8, 4) is 0 Å². The maximum Gasteiger partial charge on any atom is 0.0834 e. The number of hydrogen-bond acceptors (Lipinski definition) is 2. The third-order valence-corrected chi connectivity index (χ3v) is 4.81. The van der Waals surface area contributed by atoms with E-state index < -0.39 is 0 Å². The number of aromatic nitrogens is 2. The molecule has 4 heteroatoms. The normalized spacial score (nSPS) is 24.8. The first kappa shape index (κ1) is 15.8. The monoisotopic (exact) mass is 297 g/mol. The second-order valence-corrected chi connectivity index (χ2v) is 6.56. The van der Waals surface area contributed by atoms with Crippen LogP contribution in [0.15, 0.2) is 6.20 Å². The van der Waals surface area contributed by atoms with Gasteiger partial charge >= 0.3 is 0 Å². The highest BCUT2D eigenvalue weighted by Gasteiger charge is 2.30. The molecule has 1 unspecified atom stereocenters. The van der Waals surface area contributed by atoms with Gasteiger partial charge in [0.25, 0.3) is 0 Å². The molecule has 0 spiro atoms. The van der Waals surface area contributed by atoms with Gasteiger partial charge in [-0.05, 0) is 37.6 Å². The lowest BCUT2D eigenvalue weighted by molar-refractivity contribution is 0.226. The molecular formula is C16H28ClN3. The smallest absolute Gasteiger partial charge is 0.0834 e. The summed E-state index contributed by atoms with van der Waals surface area (Å²) in [6.45, 7) is 8.65. The molecule has 1 fully saturated rings. The molecule has 1 saturated carbocycles. The number of nitrogens with zero attached hydrogens (tertiary/aromatic N) is 2. The molecule has 1 aliphatic rings. The fourth-order valence-corrected chi connectivity index (χ4v) is 3.66. The minimum absolute atomic E-state index is 0.356. The molecule has 1 N–H and O–H groups in total. The predicted octanol–water partition coefficient (Wildman–Crippen LogP) is 4.42. The zero-order valence-electron chi connectivity index (χ0n) is 13.0. The van der Waals surface area contributed by atoms with Crippen LogP contribution in [0.4, 0.5) is 0 Å². The van der Waals surface area contributed by atoms with Crippen LogP contribution < -0.4 is 5.32 Å². The van der Waals surface area contributed by atoms with E-state index in [-0.39, 0.29) is 0 Å². The Bertz CT molecular complexity index is 408. The molecule has 1 aliphatic carbocycles. The fraction of sp³-hybridized carbons (Fsp3) is 0.812. The molecule has 1 atom stereocenters. The van der Waals surface area contributed by atoms with Crippen LogP contribution in [0.1, 0.15) is 64.6 Å². The molecule has 114 valence electrons. The molecule has 0 aromatic carbocycles. The third-order valence-electron chi connectivity index (χ3n) is 4.52. The average molecular weight is 298 g/mol. The summed E-state index contributed by atoms with van der Waals surface area (Å²) >= 11 is 6.44. The van der Waals surface area contributed by atoms with E-state index in [4.69, 9.17) is 11.6 Å². The van der Waals surface area contributed by atoms with Gasteiger partial charge < -0.3 is 5.32 Å². The second-order valence-electron chi connectivity index (χ2n) is 6.16. The van der Waals surface area contributed by atoms with Crippen molar-refractivity contribution in [3.63, 3.8) is 0 Å². The highest BCUT2D eigenvalue weighted by Crippen LogP contribution is 2.38. The molecule has 20 heavy (non-hydrogen) atoms. The molecule has 0 bridgehead atoms. The van der Waals surface area contributed by atoms with E-state index >= 15 is 0 Å². The largest absolute Gasteiger partial charge is 0.309 e. The van der Waals surface area contributed by atoms with E-state index in [0.29, 0.717) is 12.0 Å². The van der Waals surface area contributed by atoms with Crippen molar-refractivity contribution in [3.05, 3.63) is 16.9 Å². The van der Waals surface area contributed by atoms with E-state index in [0.717, 1.165) is 30.5 Å². The van der Waals surface area contributed by atoms with Gasteiger partial charge in [-0.1, -0.05) is 45.2 Å². The molecule has 0 amide bonds. The van der Waals surface area contributed by atoms with Crippen molar-refractivity contribution in [2.75, 3.05) is 6.54 Å². The van der Waals surface area contributed by atoms with Gasteiger partial charge in [0.2, 0.25) is 0 Å². The summed E-state index contributed by atoms with van der Waals surface area (Å²) in [5.41, 5.74) is 1.20. The Morgan fingerprint density at radius 1 is 1.35 bits per heavy atom. The van der Waals surface area contributed by atoms with Crippen molar-refractivity contribution >= 4 is 11.6 Å². The molecule has 0 saturated heterocycles. The van der Waals surface area contributed by atoms with Gasteiger partial charge in [-0.25, -0.2) is 0 Å². The molecule has 1 aromatic rings. The van der Waals surface area contributed by atoms with Crippen molar-refractivity contribution in [1.29, 1.82) is 0 Å².